The number of carbonyl (C=O) groups excluding carboxylic acids is 1. The van der Waals surface area contributed by atoms with Crippen molar-refractivity contribution >= 4 is 11.9 Å². The Labute approximate surface area is 137 Å². The highest BCUT2D eigenvalue weighted by Crippen LogP contribution is 2.40. The number of aromatic nitrogens is 1. The van der Waals surface area contributed by atoms with Crippen LogP contribution in [0.15, 0.2) is 28.8 Å². The van der Waals surface area contributed by atoms with Crippen molar-refractivity contribution in [1.82, 2.24) is 10.5 Å². The second-order valence-electron chi connectivity index (χ2n) is 6.10. The number of carboxylic acid groups (broad SMARTS) is 1. The summed E-state index contributed by atoms with van der Waals surface area (Å²) in [4.78, 5) is 23.9. The molecule has 0 radical (unpaired) electrons. The first-order chi connectivity index (χ1) is 11.6. The van der Waals surface area contributed by atoms with Gasteiger partial charge < -0.3 is 19.7 Å². The lowest BCUT2D eigenvalue weighted by Gasteiger charge is -2.14. The van der Waals surface area contributed by atoms with Crippen molar-refractivity contribution in [1.29, 1.82) is 0 Å². The Hall–Kier alpha value is -2.83. The van der Waals surface area contributed by atoms with E-state index in [2.05, 4.69) is 10.5 Å². The van der Waals surface area contributed by atoms with Gasteiger partial charge in [0.2, 0.25) is 0 Å². The van der Waals surface area contributed by atoms with Gasteiger partial charge in [0.15, 0.2) is 11.7 Å². The van der Waals surface area contributed by atoms with E-state index in [9.17, 15) is 14.7 Å². The second kappa shape index (κ2) is 5.67. The van der Waals surface area contributed by atoms with Gasteiger partial charge in [-0.05, 0) is 36.1 Å². The molecule has 1 fully saturated rings. The van der Waals surface area contributed by atoms with Gasteiger partial charge >= 0.3 is 5.97 Å². The molecule has 24 heavy (non-hydrogen) atoms. The van der Waals surface area contributed by atoms with Crippen molar-refractivity contribution < 1.29 is 24.0 Å². The zero-order valence-electron chi connectivity index (χ0n) is 12.8. The maximum absolute atomic E-state index is 12.3. The molecule has 1 aromatic heterocycles. The first-order valence-electron chi connectivity index (χ1n) is 7.88. The molecule has 1 unspecified atom stereocenters. The largest absolute Gasteiger partial charge is 0.493 e. The maximum atomic E-state index is 12.3. The number of fused-ring (bicyclic) bond motifs is 1. The minimum absolute atomic E-state index is 0.104. The zero-order valence-corrected chi connectivity index (χ0v) is 12.8. The summed E-state index contributed by atoms with van der Waals surface area (Å²) in [5, 5.41) is 15.7. The van der Waals surface area contributed by atoms with Crippen LogP contribution in [0.2, 0.25) is 0 Å². The molecule has 1 amide bonds. The van der Waals surface area contributed by atoms with Crippen LogP contribution in [0.5, 0.6) is 5.75 Å². The SMILES string of the molecule is O=C(NC(C(=O)O)c1ccc2c(c1)CCO2)c1cc(C2CC2)on1. The Balaban J connectivity index is 1.54. The molecule has 2 N–H and O–H groups in total. The highest BCUT2D eigenvalue weighted by molar-refractivity contribution is 5.95. The van der Waals surface area contributed by atoms with E-state index < -0.39 is 17.9 Å². The monoisotopic (exact) mass is 328 g/mol. The Morgan fingerprint density at radius 1 is 1.29 bits per heavy atom. The Bertz CT molecular complexity index is 809. The van der Waals surface area contributed by atoms with Crippen molar-refractivity contribution in [3.05, 3.63) is 46.8 Å². The van der Waals surface area contributed by atoms with Gasteiger partial charge in [-0.2, -0.15) is 0 Å². The zero-order chi connectivity index (χ0) is 16.7. The smallest absolute Gasteiger partial charge is 0.330 e. The van der Waals surface area contributed by atoms with Gasteiger partial charge in [0.1, 0.15) is 11.5 Å². The van der Waals surface area contributed by atoms with E-state index in [-0.39, 0.29) is 5.69 Å². The summed E-state index contributed by atoms with van der Waals surface area (Å²) in [6, 6.07) is 5.59. The fraction of sp³-hybridized carbons (Fsp3) is 0.353. The minimum atomic E-state index is -1.15. The van der Waals surface area contributed by atoms with Crippen molar-refractivity contribution in [2.24, 2.45) is 0 Å². The van der Waals surface area contributed by atoms with Crippen LogP contribution in [0.3, 0.4) is 0 Å². The highest BCUT2D eigenvalue weighted by Gasteiger charge is 2.30. The average molecular weight is 328 g/mol. The van der Waals surface area contributed by atoms with Crippen LogP contribution in [0, 0.1) is 0 Å². The molecule has 7 heteroatoms. The number of aliphatic carboxylic acids is 1. The van der Waals surface area contributed by atoms with Gasteiger partial charge in [-0.3, -0.25) is 4.79 Å². The van der Waals surface area contributed by atoms with Crippen molar-refractivity contribution in [2.45, 2.75) is 31.2 Å². The standard InChI is InChI=1S/C17H16N2O5/c20-16(12-8-14(24-19-12)9-1-2-9)18-15(17(21)22)11-3-4-13-10(7-11)5-6-23-13/h3-4,7-9,15H,1-2,5-6H2,(H,18,20)(H,21,22). The minimum Gasteiger partial charge on any atom is -0.493 e. The van der Waals surface area contributed by atoms with Gasteiger partial charge in [-0.15, -0.1) is 0 Å². The molecule has 1 aliphatic heterocycles. The molecule has 2 aromatic rings. The van der Waals surface area contributed by atoms with Crippen LogP contribution < -0.4 is 10.1 Å². The van der Waals surface area contributed by atoms with Gasteiger partial charge in [-0.25, -0.2) is 4.79 Å². The molecule has 1 saturated carbocycles. The fourth-order valence-corrected chi connectivity index (χ4v) is 2.84. The molecule has 4 rings (SSSR count). The third-order valence-electron chi connectivity index (χ3n) is 4.31. The highest BCUT2D eigenvalue weighted by atomic mass is 16.5. The Morgan fingerprint density at radius 2 is 2.12 bits per heavy atom. The molecular formula is C17H16N2O5. The average Bonchev–Trinajstić information content (AvgIpc) is 3.11. The Morgan fingerprint density at radius 3 is 2.88 bits per heavy atom. The number of ether oxygens (including phenoxy) is 1. The molecule has 124 valence electrons. The van der Waals surface area contributed by atoms with Gasteiger partial charge in [0.05, 0.1) is 6.61 Å². The normalized spacial score (nSPS) is 17.0. The van der Waals surface area contributed by atoms with Crippen LogP contribution in [0.25, 0.3) is 0 Å². The van der Waals surface area contributed by atoms with E-state index in [0.29, 0.717) is 23.8 Å². The van der Waals surface area contributed by atoms with E-state index >= 15 is 0 Å². The summed E-state index contributed by atoms with van der Waals surface area (Å²) in [5.41, 5.74) is 1.56. The van der Waals surface area contributed by atoms with E-state index in [1.165, 1.54) is 0 Å². The number of nitrogens with zero attached hydrogens (tertiary/aromatic N) is 1. The van der Waals surface area contributed by atoms with Gasteiger partial charge in [-0.1, -0.05) is 11.2 Å². The number of hydrogen-bond donors (Lipinski definition) is 2. The first-order valence-corrected chi connectivity index (χ1v) is 7.88. The van der Waals surface area contributed by atoms with Crippen LogP contribution >= 0.6 is 0 Å². The predicted octanol–water partition coefficient (Wildman–Crippen LogP) is 2.04. The van der Waals surface area contributed by atoms with E-state index in [4.69, 9.17) is 9.26 Å². The molecule has 2 heterocycles. The van der Waals surface area contributed by atoms with E-state index in [1.54, 1.807) is 24.3 Å². The van der Waals surface area contributed by atoms with Crippen LogP contribution in [0.1, 0.15) is 52.2 Å². The number of rotatable bonds is 5. The molecule has 0 saturated heterocycles. The third kappa shape index (κ3) is 2.73. The topological polar surface area (TPSA) is 102 Å². The summed E-state index contributed by atoms with van der Waals surface area (Å²) in [5.74, 6) is 0.0930. The number of hydrogen-bond acceptors (Lipinski definition) is 5. The van der Waals surface area contributed by atoms with Gasteiger partial charge in [0.25, 0.3) is 5.91 Å². The number of amides is 1. The molecule has 0 spiro atoms. The van der Waals surface area contributed by atoms with E-state index in [0.717, 1.165) is 30.6 Å². The number of nitrogens with one attached hydrogen (secondary N) is 1. The van der Waals surface area contributed by atoms with Crippen LogP contribution in [-0.4, -0.2) is 28.7 Å². The van der Waals surface area contributed by atoms with Crippen molar-refractivity contribution in [3.63, 3.8) is 0 Å². The van der Waals surface area contributed by atoms with Crippen LogP contribution in [0.4, 0.5) is 0 Å². The van der Waals surface area contributed by atoms with Crippen molar-refractivity contribution in [3.8, 4) is 5.75 Å². The molecule has 7 nitrogen and oxygen atoms in total. The summed E-state index contributed by atoms with van der Waals surface area (Å²) in [6.07, 6.45) is 2.80. The molecule has 1 atom stereocenters. The number of carbonyl (C=O) groups is 2. The van der Waals surface area contributed by atoms with E-state index in [1.807, 2.05) is 0 Å². The Kier molecular flexibility index (Phi) is 3.48. The summed E-state index contributed by atoms with van der Waals surface area (Å²) < 4.78 is 10.6. The van der Waals surface area contributed by atoms with Crippen LogP contribution in [-0.2, 0) is 11.2 Å². The summed E-state index contributed by atoms with van der Waals surface area (Å²) in [6.45, 7) is 0.589. The predicted molar refractivity (Wildman–Crippen MR) is 82.0 cm³/mol. The molecule has 0 bridgehead atoms. The maximum Gasteiger partial charge on any atom is 0.330 e. The molecular weight excluding hydrogens is 312 g/mol. The third-order valence-corrected chi connectivity index (χ3v) is 4.31. The van der Waals surface area contributed by atoms with Crippen molar-refractivity contribution in [2.75, 3.05) is 6.61 Å². The lowest BCUT2D eigenvalue weighted by molar-refractivity contribution is -0.139. The lowest BCUT2D eigenvalue weighted by Crippen LogP contribution is -2.34. The quantitative estimate of drug-likeness (QED) is 0.871. The lowest BCUT2D eigenvalue weighted by atomic mass is 10.0. The molecule has 1 aromatic carbocycles. The fourth-order valence-electron chi connectivity index (χ4n) is 2.84. The second-order valence-corrected chi connectivity index (χ2v) is 6.10. The molecule has 2 aliphatic rings. The summed E-state index contributed by atoms with van der Waals surface area (Å²) in [7, 11) is 0. The molecule has 1 aliphatic carbocycles. The number of benzene rings is 1. The summed E-state index contributed by atoms with van der Waals surface area (Å²) >= 11 is 0. The number of carboxylic acids is 1. The van der Waals surface area contributed by atoms with Gasteiger partial charge in [0, 0.05) is 18.4 Å². The first kappa shape index (κ1) is 14.7.